The van der Waals surface area contributed by atoms with Crippen LogP contribution in [0, 0.1) is 0 Å². The van der Waals surface area contributed by atoms with Crippen molar-refractivity contribution in [1.29, 1.82) is 0 Å². The Morgan fingerprint density at radius 1 is 1.50 bits per heavy atom. The van der Waals surface area contributed by atoms with Gasteiger partial charge in [-0.05, 0) is 17.9 Å². The summed E-state index contributed by atoms with van der Waals surface area (Å²) in [5.74, 6) is 1.36. The summed E-state index contributed by atoms with van der Waals surface area (Å²) in [6.07, 6.45) is 1.68. The van der Waals surface area contributed by atoms with Crippen LogP contribution in [0.3, 0.4) is 0 Å². The number of aryl methyl sites for hydroxylation is 1. The molecule has 0 radical (unpaired) electrons. The van der Waals surface area contributed by atoms with Gasteiger partial charge in [0.05, 0.1) is 6.04 Å². The first-order chi connectivity index (χ1) is 8.72. The quantitative estimate of drug-likeness (QED) is 0.872. The maximum Gasteiger partial charge on any atom is 0.252 e. The summed E-state index contributed by atoms with van der Waals surface area (Å²) in [7, 11) is 0. The number of nitrogens with one attached hydrogen (secondary N) is 2. The van der Waals surface area contributed by atoms with E-state index in [1.807, 2.05) is 13.0 Å². The highest BCUT2D eigenvalue weighted by atomic mass is 32.1. The lowest BCUT2D eigenvalue weighted by atomic mass is 10.2. The second-order valence-electron chi connectivity index (χ2n) is 4.05. The molecule has 0 spiro atoms. The van der Waals surface area contributed by atoms with E-state index in [9.17, 15) is 4.79 Å². The van der Waals surface area contributed by atoms with E-state index in [1.54, 1.807) is 11.3 Å². The molecule has 0 aliphatic carbocycles. The highest BCUT2D eigenvalue weighted by Gasteiger charge is 2.11. The van der Waals surface area contributed by atoms with Gasteiger partial charge in [-0.3, -0.25) is 4.79 Å². The molecule has 2 aromatic rings. The summed E-state index contributed by atoms with van der Waals surface area (Å²) >= 11 is 1.71. The molecule has 2 rings (SSSR count). The fraction of sp³-hybridized carbons (Fsp3) is 0.385. The van der Waals surface area contributed by atoms with Crippen LogP contribution in [0.25, 0.3) is 0 Å². The molecule has 1 atom stereocenters. The van der Waals surface area contributed by atoms with Crippen molar-refractivity contribution >= 4 is 17.2 Å². The van der Waals surface area contributed by atoms with Crippen LogP contribution in [-0.2, 0) is 6.42 Å². The topological polar surface area (TPSA) is 57.8 Å². The van der Waals surface area contributed by atoms with Crippen molar-refractivity contribution in [1.82, 2.24) is 9.97 Å². The Balaban J connectivity index is 2.22. The molecule has 0 saturated heterocycles. The van der Waals surface area contributed by atoms with E-state index in [-0.39, 0.29) is 11.6 Å². The van der Waals surface area contributed by atoms with Crippen LogP contribution >= 0.6 is 11.3 Å². The third-order valence-corrected chi connectivity index (χ3v) is 3.73. The summed E-state index contributed by atoms with van der Waals surface area (Å²) in [4.78, 5) is 19.9. The standard InChI is InChI=1S/C13H17N3OS/c1-3-9(10-6-5-7-18-10)14-12-8-13(17)16-11(4-2)15-12/h5-9H,3-4H2,1-2H3,(H2,14,15,16,17). The molecule has 2 N–H and O–H groups in total. The number of nitrogens with zero attached hydrogens (tertiary/aromatic N) is 1. The van der Waals surface area contributed by atoms with E-state index < -0.39 is 0 Å². The minimum absolute atomic E-state index is 0.106. The average Bonchev–Trinajstić information content (AvgIpc) is 2.89. The fourth-order valence-electron chi connectivity index (χ4n) is 1.79. The Morgan fingerprint density at radius 2 is 2.33 bits per heavy atom. The summed E-state index contributed by atoms with van der Waals surface area (Å²) < 4.78 is 0. The minimum Gasteiger partial charge on any atom is -0.362 e. The number of hydrogen-bond acceptors (Lipinski definition) is 4. The molecule has 4 nitrogen and oxygen atoms in total. The monoisotopic (exact) mass is 263 g/mol. The van der Waals surface area contributed by atoms with Gasteiger partial charge in [-0.1, -0.05) is 19.9 Å². The number of aromatic nitrogens is 2. The number of thiophene rings is 1. The molecule has 5 heteroatoms. The molecule has 0 aliphatic heterocycles. The minimum atomic E-state index is -0.106. The van der Waals surface area contributed by atoms with Gasteiger partial charge in [0.15, 0.2) is 0 Å². The van der Waals surface area contributed by atoms with Crippen LogP contribution in [0.2, 0.25) is 0 Å². The third kappa shape index (κ3) is 2.98. The van der Waals surface area contributed by atoms with Gasteiger partial charge in [-0.2, -0.15) is 0 Å². The molecular formula is C13H17N3OS. The van der Waals surface area contributed by atoms with Gasteiger partial charge in [0.1, 0.15) is 11.6 Å². The zero-order chi connectivity index (χ0) is 13.0. The summed E-state index contributed by atoms with van der Waals surface area (Å²) in [6, 6.07) is 5.85. The molecular weight excluding hydrogens is 246 g/mol. The van der Waals surface area contributed by atoms with E-state index in [0.29, 0.717) is 11.6 Å². The molecule has 0 aromatic carbocycles. The largest absolute Gasteiger partial charge is 0.362 e. The van der Waals surface area contributed by atoms with E-state index >= 15 is 0 Å². The first kappa shape index (κ1) is 12.8. The first-order valence-corrected chi connectivity index (χ1v) is 7.01. The maximum atomic E-state index is 11.5. The lowest BCUT2D eigenvalue weighted by molar-refractivity contribution is 0.754. The first-order valence-electron chi connectivity index (χ1n) is 6.13. The highest BCUT2D eigenvalue weighted by Crippen LogP contribution is 2.24. The summed E-state index contributed by atoms with van der Waals surface area (Å²) in [5, 5.41) is 5.38. The van der Waals surface area contributed by atoms with Gasteiger partial charge in [-0.15, -0.1) is 11.3 Å². The molecule has 0 aliphatic rings. The smallest absolute Gasteiger partial charge is 0.252 e. The summed E-state index contributed by atoms with van der Waals surface area (Å²) in [6.45, 7) is 4.09. The predicted octanol–water partition coefficient (Wildman–Crippen LogP) is 2.96. The Morgan fingerprint density at radius 3 is 2.94 bits per heavy atom. The van der Waals surface area contributed by atoms with Crippen molar-refractivity contribution in [2.24, 2.45) is 0 Å². The van der Waals surface area contributed by atoms with Crippen LogP contribution in [-0.4, -0.2) is 9.97 Å². The Labute approximate surface area is 110 Å². The van der Waals surface area contributed by atoms with Crippen LogP contribution < -0.4 is 10.9 Å². The second-order valence-corrected chi connectivity index (χ2v) is 5.03. The van der Waals surface area contributed by atoms with Crippen LogP contribution in [0.15, 0.2) is 28.4 Å². The molecule has 18 heavy (non-hydrogen) atoms. The normalized spacial score (nSPS) is 12.3. The molecule has 2 heterocycles. The van der Waals surface area contributed by atoms with Crippen molar-refractivity contribution in [2.75, 3.05) is 5.32 Å². The second kappa shape index (κ2) is 5.82. The van der Waals surface area contributed by atoms with Gasteiger partial charge < -0.3 is 10.3 Å². The van der Waals surface area contributed by atoms with E-state index in [1.165, 1.54) is 10.9 Å². The average molecular weight is 263 g/mol. The molecule has 2 aromatic heterocycles. The molecule has 0 saturated carbocycles. The molecule has 96 valence electrons. The zero-order valence-electron chi connectivity index (χ0n) is 10.6. The third-order valence-electron chi connectivity index (χ3n) is 2.74. The molecule has 0 fully saturated rings. The Bertz CT molecular complexity index is 548. The number of hydrogen-bond donors (Lipinski definition) is 2. The maximum absolute atomic E-state index is 11.5. The SMILES string of the molecule is CCc1nc(NC(CC)c2cccs2)cc(=O)[nH]1. The van der Waals surface area contributed by atoms with Crippen LogP contribution in [0.1, 0.15) is 37.0 Å². The lowest BCUT2D eigenvalue weighted by Gasteiger charge is -2.16. The van der Waals surface area contributed by atoms with Crippen LogP contribution in [0.5, 0.6) is 0 Å². The fourth-order valence-corrected chi connectivity index (χ4v) is 2.65. The van der Waals surface area contributed by atoms with E-state index in [2.05, 4.69) is 33.7 Å². The van der Waals surface area contributed by atoms with Crippen molar-refractivity contribution in [3.8, 4) is 0 Å². The van der Waals surface area contributed by atoms with E-state index in [4.69, 9.17) is 0 Å². The zero-order valence-corrected chi connectivity index (χ0v) is 11.4. The Kier molecular flexibility index (Phi) is 4.15. The Hall–Kier alpha value is -1.62. The molecule has 1 unspecified atom stereocenters. The van der Waals surface area contributed by atoms with E-state index in [0.717, 1.165) is 12.8 Å². The molecule has 0 bridgehead atoms. The van der Waals surface area contributed by atoms with Crippen molar-refractivity contribution in [2.45, 2.75) is 32.7 Å². The lowest BCUT2D eigenvalue weighted by Crippen LogP contribution is -2.16. The number of rotatable bonds is 5. The van der Waals surface area contributed by atoms with Gasteiger partial charge in [-0.25, -0.2) is 4.98 Å². The van der Waals surface area contributed by atoms with Crippen molar-refractivity contribution in [3.63, 3.8) is 0 Å². The number of anilines is 1. The van der Waals surface area contributed by atoms with Gasteiger partial charge in [0, 0.05) is 17.4 Å². The van der Waals surface area contributed by atoms with Gasteiger partial charge in [0.25, 0.3) is 5.56 Å². The van der Waals surface area contributed by atoms with Crippen LogP contribution in [0.4, 0.5) is 5.82 Å². The predicted molar refractivity (Wildman–Crippen MR) is 75.2 cm³/mol. The van der Waals surface area contributed by atoms with Gasteiger partial charge in [0.2, 0.25) is 0 Å². The molecule has 0 amide bonds. The highest BCUT2D eigenvalue weighted by molar-refractivity contribution is 7.10. The van der Waals surface area contributed by atoms with Gasteiger partial charge >= 0.3 is 0 Å². The van der Waals surface area contributed by atoms with Crippen molar-refractivity contribution in [3.05, 3.63) is 44.6 Å². The summed E-state index contributed by atoms with van der Waals surface area (Å²) in [5.41, 5.74) is -0.106. The van der Waals surface area contributed by atoms with Crippen molar-refractivity contribution < 1.29 is 0 Å². The number of aromatic amines is 1. The number of H-pyrrole nitrogens is 1.